The number of fused-ring (bicyclic) bond motifs is 1. The molecule has 2 saturated heterocycles. The van der Waals surface area contributed by atoms with Crippen LogP contribution in [0.2, 0.25) is 0 Å². The Morgan fingerprint density at radius 1 is 1.30 bits per heavy atom. The zero-order valence-corrected chi connectivity index (χ0v) is 16.3. The summed E-state index contributed by atoms with van der Waals surface area (Å²) in [5.41, 5.74) is 0.651. The number of sulfone groups is 1. The van der Waals surface area contributed by atoms with E-state index in [2.05, 4.69) is 4.99 Å². The van der Waals surface area contributed by atoms with Crippen molar-refractivity contribution in [3.05, 3.63) is 24.3 Å². The second-order valence-electron chi connectivity index (χ2n) is 6.36. The molecular formula is C17H19N2O6S2-. The monoisotopic (exact) mass is 411 g/mol. The summed E-state index contributed by atoms with van der Waals surface area (Å²) in [5, 5.41) is 10.7. The zero-order chi connectivity index (χ0) is 19.6. The van der Waals surface area contributed by atoms with E-state index in [4.69, 9.17) is 4.74 Å². The Labute approximate surface area is 161 Å². The molecule has 0 unspecified atom stereocenters. The quantitative estimate of drug-likeness (QED) is 0.653. The van der Waals surface area contributed by atoms with E-state index in [1.165, 1.54) is 18.9 Å². The molecule has 146 valence electrons. The van der Waals surface area contributed by atoms with Crippen molar-refractivity contribution in [1.29, 1.82) is 0 Å². The highest BCUT2D eigenvalue weighted by Gasteiger charge is 2.49. The second-order valence-corrected chi connectivity index (χ2v) is 9.72. The minimum Gasteiger partial charge on any atom is -0.550 e. The number of thioether (sulfide) groups is 1. The number of rotatable bonds is 6. The largest absolute Gasteiger partial charge is 0.550 e. The molecule has 2 heterocycles. The molecule has 0 radical (unpaired) electrons. The maximum Gasteiger partial charge on any atom is 0.248 e. The Kier molecular flexibility index (Phi) is 5.75. The summed E-state index contributed by atoms with van der Waals surface area (Å²) in [6, 6.07) is 6.83. The molecule has 2 fully saturated rings. The summed E-state index contributed by atoms with van der Waals surface area (Å²) in [4.78, 5) is 28.6. The van der Waals surface area contributed by atoms with Gasteiger partial charge in [0.05, 0.1) is 30.3 Å². The van der Waals surface area contributed by atoms with E-state index in [1.807, 2.05) is 0 Å². The molecular weight excluding hydrogens is 392 g/mol. The van der Waals surface area contributed by atoms with E-state index in [1.54, 1.807) is 29.2 Å². The molecule has 0 saturated carbocycles. The first-order valence-corrected chi connectivity index (χ1v) is 11.1. The van der Waals surface area contributed by atoms with Gasteiger partial charge in [-0.05, 0) is 25.0 Å². The normalized spacial score (nSPS) is 24.8. The first kappa shape index (κ1) is 19.7. The number of hydrogen-bond acceptors (Lipinski definition) is 7. The van der Waals surface area contributed by atoms with Gasteiger partial charge in [0.15, 0.2) is 15.0 Å². The average molecular weight is 411 g/mol. The number of aliphatic imine (C=N–C) groups is 1. The van der Waals surface area contributed by atoms with Crippen molar-refractivity contribution in [2.45, 2.75) is 30.6 Å². The third-order valence-corrected chi connectivity index (χ3v) is 7.61. The first-order valence-electron chi connectivity index (χ1n) is 8.41. The lowest BCUT2D eigenvalue weighted by atomic mass is 10.2. The number of anilines is 1. The molecule has 0 N–H and O–H groups in total. The molecule has 3 rings (SSSR count). The van der Waals surface area contributed by atoms with Crippen LogP contribution in [0.5, 0.6) is 5.75 Å². The Balaban J connectivity index is 1.90. The van der Waals surface area contributed by atoms with Gasteiger partial charge < -0.3 is 19.5 Å². The van der Waals surface area contributed by atoms with Gasteiger partial charge in [0, 0.05) is 17.6 Å². The number of amidine groups is 1. The van der Waals surface area contributed by atoms with E-state index in [9.17, 15) is 23.1 Å². The molecule has 10 heteroatoms. The maximum atomic E-state index is 12.2. The van der Waals surface area contributed by atoms with Gasteiger partial charge in [0.25, 0.3) is 0 Å². The SMILES string of the molecule is COc1ccccc1N1C(=NC(=O)CCCC(=O)[O-])S[C@H]2CS(=O)(=O)C[C@H]21. The van der Waals surface area contributed by atoms with E-state index < -0.39 is 21.7 Å². The van der Waals surface area contributed by atoms with E-state index in [-0.39, 0.29) is 42.1 Å². The number of carboxylic acid groups (broad SMARTS) is 1. The van der Waals surface area contributed by atoms with E-state index in [0.29, 0.717) is 16.6 Å². The highest BCUT2D eigenvalue weighted by molar-refractivity contribution is 8.16. The number of aliphatic carboxylic acids is 1. The smallest absolute Gasteiger partial charge is 0.248 e. The van der Waals surface area contributed by atoms with Gasteiger partial charge in [-0.3, -0.25) is 4.79 Å². The van der Waals surface area contributed by atoms with Crippen LogP contribution in [0.1, 0.15) is 19.3 Å². The molecule has 0 spiro atoms. The first-order chi connectivity index (χ1) is 12.8. The van der Waals surface area contributed by atoms with Crippen LogP contribution < -0.4 is 14.7 Å². The van der Waals surface area contributed by atoms with Gasteiger partial charge >= 0.3 is 0 Å². The lowest BCUT2D eigenvalue weighted by Crippen LogP contribution is -2.38. The van der Waals surface area contributed by atoms with Gasteiger partial charge in [0.2, 0.25) is 5.91 Å². The van der Waals surface area contributed by atoms with Gasteiger partial charge in [-0.25, -0.2) is 8.42 Å². The van der Waals surface area contributed by atoms with Crippen LogP contribution >= 0.6 is 11.8 Å². The van der Waals surface area contributed by atoms with Crippen LogP contribution in [0, 0.1) is 0 Å². The van der Waals surface area contributed by atoms with E-state index >= 15 is 0 Å². The molecule has 1 aromatic rings. The Bertz CT molecular complexity index is 883. The number of hydrogen-bond donors (Lipinski definition) is 0. The van der Waals surface area contributed by atoms with Crippen LogP contribution in [-0.2, 0) is 19.4 Å². The van der Waals surface area contributed by atoms with Crippen molar-refractivity contribution >= 4 is 44.3 Å². The Hall–Kier alpha value is -2.07. The molecule has 27 heavy (non-hydrogen) atoms. The standard InChI is InChI=1S/C17H20N2O6S2/c1-25-13-6-3-2-5-11(13)19-12-9-27(23,24)10-14(12)26-17(19)18-15(20)7-4-8-16(21)22/h2-3,5-6,12,14H,4,7-10H2,1H3,(H,21,22)/p-1/t12-,14+/m1/s1. The van der Waals surface area contributed by atoms with Gasteiger partial charge in [-0.2, -0.15) is 4.99 Å². The zero-order valence-electron chi connectivity index (χ0n) is 14.7. The lowest BCUT2D eigenvalue weighted by Gasteiger charge is -2.26. The minimum atomic E-state index is -3.16. The van der Waals surface area contributed by atoms with E-state index in [0.717, 1.165) is 0 Å². The van der Waals surface area contributed by atoms with Crippen molar-refractivity contribution in [1.82, 2.24) is 0 Å². The number of methoxy groups -OCH3 is 1. The predicted molar refractivity (Wildman–Crippen MR) is 101 cm³/mol. The number of nitrogens with zero attached hydrogens (tertiary/aromatic N) is 2. The third kappa shape index (κ3) is 4.44. The summed E-state index contributed by atoms with van der Waals surface area (Å²) >= 11 is 1.27. The lowest BCUT2D eigenvalue weighted by molar-refractivity contribution is -0.305. The summed E-state index contributed by atoms with van der Waals surface area (Å²) in [6.45, 7) is 0. The molecule has 0 aromatic heterocycles. The fourth-order valence-corrected chi connectivity index (χ4v) is 7.15. The Morgan fingerprint density at radius 2 is 2.04 bits per heavy atom. The van der Waals surface area contributed by atoms with Crippen LogP contribution in [0.15, 0.2) is 29.3 Å². The number of carbonyl (C=O) groups excluding carboxylic acids is 2. The topological polar surface area (TPSA) is 116 Å². The number of benzene rings is 1. The molecule has 2 aliphatic rings. The fourth-order valence-electron chi connectivity index (χ4n) is 3.22. The number of para-hydroxylation sites is 2. The molecule has 1 amide bonds. The van der Waals surface area contributed by atoms with Crippen molar-refractivity contribution in [3.63, 3.8) is 0 Å². The summed E-state index contributed by atoms with van der Waals surface area (Å²) in [7, 11) is -1.64. The number of carboxylic acids is 1. The Morgan fingerprint density at radius 3 is 2.74 bits per heavy atom. The highest BCUT2D eigenvalue weighted by atomic mass is 32.2. The van der Waals surface area contributed by atoms with Crippen LogP contribution in [-0.4, -0.2) is 55.4 Å². The second kappa shape index (κ2) is 7.89. The summed E-state index contributed by atoms with van der Waals surface area (Å²) < 4.78 is 29.5. The summed E-state index contributed by atoms with van der Waals surface area (Å²) in [5.74, 6) is -1.07. The highest BCUT2D eigenvalue weighted by Crippen LogP contribution is 2.43. The molecule has 0 bridgehead atoms. The predicted octanol–water partition coefficient (Wildman–Crippen LogP) is 0.217. The molecule has 2 aliphatic heterocycles. The van der Waals surface area contributed by atoms with Gasteiger partial charge in [-0.1, -0.05) is 23.9 Å². The van der Waals surface area contributed by atoms with Crippen molar-refractivity contribution in [2.24, 2.45) is 4.99 Å². The average Bonchev–Trinajstić information content (AvgIpc) is 3.05. The number of ether oxygens (including phenoxy) is 1. The number of carbonyl (C=O) groups is 2. The fraction of sp³-hybridized carbons (Fsp3) is 0.471. The maximum absolute atomic E-state index is 12.2. The van der Waals surface area contributed by atoms with Crippen LogP contribution in [0.3, 0.4) is 0 Å². The molecule has 8 nitrogen and oxygen atoms in total. The van der Waals surface area contributed by atoms with Crippen LogP contribution in [0.25, 0.3) is 0 Å². The van der Waals surface area contributed by atoms with Gasteiger partial charge in [0.1, 0.15) is 5.75 Å². The van der Waals surface area contributed by atoms with Crippen molar-refractivity contribution in [2.75, 3.05) is 23.5 Å². The third-order valence-electron chi connectivity index (χ3n) is 4.40. The summed E-state index contributed by atoms with van der Waals surface area (Å²) in [6.07, 6.45) is -0.0621. The number of amides is 1. The molecule has 0 aliphatic carbocycles. The van der Waals surface area contributed by atoms with Gasteiger partial charge in [-0.15, -0.1) is 0 Å². The molecule has 2 atom stereocenters. The van der Waals surface area contributed by atoms with Crippen molar-refractivity contribution < 1.29 is 27.9 Å². The minimum absolute atomic E-state index is 0.00850. The molecule has 1 aromatic carbocycles. The van der Waals surface area contributed by atoms with Crippen LogP contribution in [0.4, 0.5) is 5.69 Å². The van der Waals surface area contributed by atoms with Crippen molar-refractivity contribution in [3.8, 4) is 5.75 Å².